The Morgan fingerprint density at radius 1 is 1.14 bits per heavy atom. The summed E-state index contributed by atoms with van der Waals surface area (Å²) in [4.78, 5) is 33.1. The van der Waals surface area contributed by atoms with Gasteiger partial charge in [-0.05, 0) is 48.4 Å². The molecule has 1 aliphatic heterocycles. The molecule has 1 aromatic carbocycles. The van der Waals surface area contributed by atoms with Crippen LogP contribution in [0.5, 0.6) is 0 Å². The van der Waals surface area contributed by atoms with Crippen LogP contribution in [0.2, 0.25) is 0 Å². The van der Waals surface area contributed by atoms with E-state index in [1.807, 2.05) is 41.3 Å². The van der Waals surface area contributed by atoms with E-state index in [1.165, 1.54) is 0 Å². The summed E-state index contributed by atoms with van der Waals surface area (Å²) in [5.74, 6) is 0.248. The molecule has 2 heterocycles. The van der Waals surface area contributed by atoms with Crippen molar-refractivity contribution >= 4 is 23.1 Å². The molecular formula is C24H25N3O2. The van der Waals surface area contributed by atoms with Crippen LogP contribution < -0.4 is 10.2 Å². The Morgan fingerprint density at radius 2 is 1.93 bits per heavy atom. The molecule has 2 aromatic rings. The lowest BCUT2D eigenvalue weighted by atomic mass is 9.73. The molecule has 1 aromatic heterocycles. The highest BCUT2D eigenvalue weighted by Gasteiger charge is 2.45. The third-order valence-corrected chi connectivity index (χ3v) is 6.06. The van der Waals surface area contributed by atoms with Gasteiger partial charge in [0.2, 0.25) is 5.91 Å². The number of benzene rings is 1. The van der Waals surface area contributed by atoms with Crippen molar-refractivity contribution < 1.29 is 9.59 Å². The Balaban J connectivity index is 1.77. The van der Waals surface area contributed by atoms with Crippen molar-refractivity contribution in [2.24, 2.45) is 11.3 Å². The fourth-order valence-corrected chi connectivity index (χ4v) is 4.61. The SMILES string of the molecule is CC1(C)CC(=O)C2=C(C1)Nc1ccccc1N(C(=O)C1CC1)[C@H]2c1cccnc1. The number of fused-ring (bicyclic) bond motifs is 1. The van der Waals surface area contributed by atoms with E-state index in [0.29, 0.717) is 12.0 Å². The predicted molar refractivity (Wildman–Crippen MR) is 112 cm³/mol. The smallest absolute Gasteiger partial charge is 0.231 e. The van der Waals surface area contributed by atoms with Gasteiger partial charge in [-0.25, -0.2) is 0 Å². The molecule has 1 N–H and O–H groups in total. The zero-order valence-electron chi connectivity index (χ0n) is 16.8. The van der Waals surface area contributed by atoms with Crippen LogP contribution in [0.3, 0.4) is 0 Å². The third-order valence-electron chi connectivity index (χ3n) is 6.06. The minimum Gasteiger partial charge on any atom is -0.357 e. The van der Waals surface area contributed by atoms with Crippen molar-refractivity contribution in [1.82, 2.24) is 4.98 Å². The second-order valence-electron chi connectivity index (χ2n) is 9.15. The minimum absolute atomic E-state index is 0.0412. The molecule has 2 aliphatic carbocycles. The first-order valence-corrected chi connectivity index (χ1v) is 10.3. The fourth-order valence-electron chi connectivity index (χ4n) is 4.61. The summed E-state index contributed by atoms with van der Waals surface area (Å²) in [6.07, 6.45) is 6.58. The molecule has 5 rings (SSSR count). The van der Waals surface area contributed by atoms with Crippen LogP contribution in [0.4, 0.5) is 11.4 Å². The zero-order chi connectivity index (χ0) is 20.2. The van der Waals surface area contributed by atoms with Crippen molar-refractivity contribution in [3.8, 4) is 0 Å². The van der Waals surface area contributed by atoms with E-state index in [4.69, 9.17) is 0 Å². The van der Waals surface area contributed by atoms with Crippen molar-refractivity contribution in [2.45, 2.75) is 45.6 Å². The predicted octanol–water partition coefficient (Wildman–Crippen LogP) is 4.63. The molecule has 0 saturated heterocycles. The number of pyridine rings is 1. The Bertz CT molecular complexity index is 1020. The van der Waals surface area contributed by atoms with Gasteiger partial charge in [-0.15, -0.1) is 0 Å². The van der Waals surface area contributed by atoms with Gasteiger partial charge in [0.05, 0.1) is 17.4 Å². The molecule has 0 radical (unpaired) electrons. The molecule has 0 unspecified atom stereocenters. The number of para-hydroxylation sites is 2. The van der Waals surface area contributed by atoms with E-state index in [0.717, 1.165) is 41.9 Å². The monoisotopic (exact) mass is 387 g/mol. The largest absolute Gasteiger partial charge is 0.357 e. The van der Waals surface area contributed by atoms with E-state index >= 15 is 0 Å². The van der Waals surface area contributed by atoms with Crippen molar-refractivity contribution in [3.05, 3.63) is 65.6 Å². The van der Waals surface area contributed by atoms with E-state index in [9.17, 15) is 9.59 Å². The van der Waals surface area contributed by atoms with E-state index in [-0.39, 0.29) is 23.0 Å². The van der Waals surface area contributed by atoms with Gasteiger partial charge in [-0.3, -0.25) is 19.5 Å². The van der Waals surface area contributed by atoms with Gasteiger partial charge in [0, 0.05) is 36.0 Å². The maximum absolute atomic E-state index is 13.5. The second kappa shape index (κ2) is 6.55. The van der Waals surface area contributed by atoms with Gasteiger partial charge < -0.3 is 5.32 Å². The van der Waals surface area contributed by atoms with Crippen molar-refractivity contribution in [3.63, 3.8) is 0 Å². The van der Waals surface area contributed by atoms with E-state index in [1.54, 1.807) is 12.4 Å². The van der Waals surface area contributed by atoms with Gasteiger partial charge in [-0.1, -0.05) is 32.0 Å². The second-order valence-corrected chi connectivity index (χ2v) is 9.15. The number of hydrogen-bond donors (Lipinski definition) is 1. The number of anilines is 2. The average Bonchev–Trinajstić information content (AvgIpc) is 3.53. The summed E-state index contributed by atoms with van der Waals surface area (Å²) in [7, 11) is 0. The summed E-state index contributed by atoms with van der Waals surface area (Å²) in [6, 6.07) is 11.3. The zero-order valence-corrected chi connectivity index (χ0v) is 16.8. The maximum atomic E-state index is 13.5. The number of carbonyl (C=O) groups excluding carboxylic acids is 2. The van der Waals surface area contributed by atoms with E-state index < -0.39 is 6.04 Å². The first-order valence-electron chi connectivity index (χ1n) is 10.3. The summed E-state index contributed by atoms with van der Waals surface area (Å²) < 4.78 is 0. The standard InChI is InChI=1S/C24H25N3O2/c1-24(2)12-18-21(20(28)13-24)22(16-6-5-11-25-14-16)27(23(29)15-9-10-15)19-8-4-3-7-17(19)26-18/h3-8,11,14-15,22,26H,9-10,12-13H2,1-2H3/t22-/m0/s1. The molecule has 1 saturated carbocycles. The number of nitrogens with zero attached hydrogens (tertiary/aromatic N) is 2. The molecular weight excluding hydrogens is 362 g/mol. The molecule has 1 amide bonds. The van der Waals surface area contributed by atoms with Crippen LogP contribution in [0.15, 0.2) is 60.1 Å². The summed E-state index contributed by atoms with van der Waals surface area (Å²) in [5, 5.41) is 3.54. The number of aromatic nitrogens is 1. The molecule has 1 atom stereocenters. The lowest BCUT2D eigenvalue weighted by Gasteiger charge is -2.37. The van der Waals surface area contributed by atoms with Gasteiger partial charge in [0.1, 0.15) is 0 Å². The highest BCUT2D eigenvalue weighted by Crippen LogP contribution is 2.49. The lowest BCUT2D eigenvalue weighted by molar-refractivity contribution is -0.120. The number of carbonyl (C=O) groups is 2. The summed E-state index contributed by atoms with van der Waals surface area (Å²) in [5.41, 5.74) is 4.11. The van der Waals surface area contributed by atoms with Crippen LogP contribution in [0.1, 0.15) is 51.1 Å². The van der Waals surface area contributed by atoms with Crippen LogP contribution in [-0.4, -0.2) is 16.7 Å². The molecule has 0 bridgehead atoms. The number of allylic oxidation sites excluding steroid dienone is 1. The quantitative estimate of drug-likeness (QED) is 0.816. The maximum Gasteiger partial charge on any atom is 0.231 e. The van der Waals surface area contributed by atoms with Gasteiger partial charge in [-0.2, -0.15) is 0 Å². The number of amides is 1. The Morgan fingerprint density at radius 3 is 2.66 bits per heavy atom. The Labute approximate surface area is 170 Å². The normalized spacial score (nSPS) is 23.0. The third kappa shape index (κ3) is 3.15. The minimum atomic E-state index is -0.452. The van der Waals surface area contributed by atoms with Crippen molar-refractivity contribution in [1.29, 1.82) is 0 Å². The van der Waals surface area contributed by atoms with Gasteiger partial charge in [0.25, 0.3) is 0 Å². The molecule has 5 heteroatoms. The van der Waals surface area contributed by atoms with Gasteiger partial charge >= 0.3 is 0 Å². The molecule has 148 valence electrons. The van der Waals surface area contributed by atoms with Crippen LogP contribution in [0, 0.1) is 11.3 Å². The van der Waals surface area contributed by atoms with Gasteiger partial charge in [0.15, 0.2) is 5.78 Å². The molecule has 29 heavy (non-hydrogen) atoms. The van der Waals surface area contributed by atoms with Crippen LogP contribution >= 0.6 is 0 Å². The molecule has 3 aliphatic rings. The number of nitrogens with one attached hydrogen (secondary N) is 1. The number of ketones is 1. The van der Waals surface area contributed by atoms with Crippen LogP contribution in [0.25, 0.3) is 0 Å². The summed E-state index contributed by atoms with van der Waals surface area (Å²) >= 11 is 0. The molecule has 1 fully saturated rings. The number of rotatable bonds is 2. The highest BCUT2D eigenvalue weighted by molar-refractivity contribution is 6.07. The summed E-state index contributed by atoms with van der Waals surface area (Å²) in [6.45, 7) is 4.25. The van der Waals surface area contributed by atoms with Crippen LogP contribution in [-0.2, 0) is 9.59 Å². The number of hydrogen-bond acceptors (Lipinski definition) is 4. The Kier molecular flexibility index (Phi) is 4.09. The van der Waals surface area contributed by atoms with E-state index in [2.05, 4.69) is 24.1 Å². The first kappa shape index (κ1) is 18.1. The molecule has 5 nitrogen and oxygen atoms in total. The number of Topliss-reactive ketones (excluding diaryl/α,β-unsaturated/α-hetero) is 1. The first-order chi connectivity index (χ1) is 13.9. The highest BCUT2D eigenvalue weighted by atomic mass is 16.2. The Hall–Kier alpha value is -2.95. The lowest BCUT2D eigenvalue weighted by Crippen LogP contribution is -2.40. The van der Waals surface area contributed by atoms with Crippen molar-refractivity contribution in [2.75, 3.05) is 10.2 Å². The molecule has 0 spiro atoms. The topological polar surface area (TPSA) is 62.3 Å². The fraction of sp³-hybridized carbons (Fsp3) is 0.375. The average molecular weight is 387 g/mol.